The Morgan fingerprint density at radius 1 is 1.22 bits per heavy atom. The van der Waals surface area contributed by atoms with E-state index in [1.807, 2.05) is 38.1 Å². The lowest BCUT2D eigenvalue weighted by Gasteiger charge is -2.28. The maximum Gasteiger partial charge on any atom is 0.239 e. The maximum atomic E-state index is 12.0. The lowest BCUT2D eigenvalue weighted by molar-refractivity contribution is -0.125. The molecule has 6 heteroatoms. The number of hydrogen-bond donors (Lipinski definition) is 2. The molecule has 0 bridgehead atoms. The van der Waals surface area contributed by atoms with Gasteiger partial charge in [0.2, 0.25) is 5.91 Å². The lowest BCUT2D eigenvalue weighted by Crippen LogP contribution is -2.50. The Kier molecular flexibility index (Phi) is 9.20. The molecule has 1 unspecified atom stereocenters. The maximum absolute atomic E-state index is 12.0. The number of methoxy groups -OCH3 is 1. The lowest BCUT2D eigenvalue weighted by atomic mass is 9.94. The molecule has 0 fully saturated rings. The van der Waals surface area contributed by atoms with Gasteiger partial charge in [-0.15, -0.1) is 12.4 Å². The molecule has 132 valence electrons. The molecule has 1 atom stereocenters. The SMILES string of the molecule is COCC(N)C(=O)NC(C)(C)c1ccc(OCC(C)C)cc1.Cl. The van der Waals surface area contributed by atoms with Crippen LogP contribution in [0.2, 0.25) is 0 Å². The van der Waals surface area contributed by atoms with Gasteiger partial charge in [0, 0.05) is 7.11 Å². The topological polar surface area (TPSA) is 73.6 Å². The third-order valence-electron chi connectivity index (χ3n) is 3.28. The van der Waals surface area contributed by atoms with Crippen LogP contribution in [0, 0.1) is 5.92 Å². The Bertz CT molecular complexity index is 475. The molecule has 0 aliphatic rings. The Labute approximate surface area is 145 Å². The summed E-state index contributed by atoms with van der Waals surface area (Å²) in [5.74, 6) is 1.08. The van der Waals surface area contributed by atoms with Crippen LogP contribution in [0.15, 0.2) is 24.3 Å². The number of nitrogens with two attached hydrogens (primary N) is 1. The number of carbonyl (C=O) groups is 1. The van der Waals surface area contributed by atoms with Gasteiger partial charge in [-0.25, -0.2) is 0 Å². The van der Waals surface area contributed by atoms with E-state index in [-0.39, 0.29) is 24.9 Å². The van der Waals surface area contributed by atoms with Crippen molar-refractivity contribution >= 4 is 18.3 Å². The first kappa shape index (κ1) is 21.7. The number of benzene rings is 1. The molecule has 0 heterocycles. The Balaban J connectivity index is 0.00000484. The fraction of sp³-hybridized carbons (Fsp3) is 0.588. The highest BCUT2D eigenvalue weighted by atomic mass is 35.5. The van der Waals surface area contributed by atoms with E-state index in [0.717, 1.165) is 11.3 Å². The number of hydrogen-bond acceptors (Lipinski definition) is 4. The average molecular weight is 345 g/mol. The molecule has 0 spiro atoms. The van der Waals surface area contributed by atoms with Crippen molar-refractivity contribution in [1.29, 1.82) is 0 Å². The molecule has 0 saturated carbocycles. The van der Waals surface area contributed by atoms with Crippen molar-refractivity contribution in [3.05, 3.63) is 29.8 Å². The van der Waals surface area contributed by atoms with E-state index < -0.39 is 11.6 Å². The van der Waals surface area contributed by atoms with Gasteiger partial charge in [-0.2, -0.15) is 0 Å². The molecule has 0 aromatic heterocycles. The highest BCUT2D eigenvalue weighted by Crippen LogP contribution is 2.23. The van der Waals surface area contributed by atoms with Crippen LogP contribution in [0.1, 0.15) is 33.3 Å². The standard InChI is InChI=1S/C17H28N2O3.ClH/c1-12(2)10-22-14-8-6-13(7-9-14)17(3,4)19-16(20)15(18)11-21-5;/h6-9,12,15H,10-11,18H2,1-5H3,(H,19,20);1H. The predicted octanol–water partition coefficient (Wildman–Crippen LogP) is 2.47. The van der Waals surface area contributed by atoms with Gasteiger partial charge in [0.05, 0.1) is 18.8 Å². The molecule has 0 aliphatic carbocycles. The second kappa shape index (κ2) is 9.75. The molecule has 0 saturated heterocycles. The zero-order valence-electron chi connectivity index (χ0n) is 14.6. The van der Waals surface area contributed by atoms with Crippen LogP contribution in [0.5, 0.6) is 5.75 Å². The first-order valence-electron chi connectivity index (χ1n) is 7.56. The number of halogens is 1. The molecule has 0 radical (unpaired) electrons. The van der Waals surface area contributed by atoms with Gasteiger partial charge in [0.15, 0.2) is 0 Å². The number of rotatable bonds is 8. The Hall–Kier alpha value is -1.30. The molecular weight excluding hydrogens is 316 g/mol. The number of amides is 1. The Morgan fingerprint density at radius 3 is 2.26 bits per heavy atom. The van der Waals surface area contributed by atoms with Gasteiger partial charge in [0.1, 0.15) is 11.8 Å². The van der Waals surface area contributed by atoms with E-state index >= 15 is 0 Å². The summed E-state index contributed by atoms with van der Waals surface area (Å²) in [6.45, 7) is 8.98. The third-order valence-corrected chi connectivity index (χ3v) is 3.28. The zero-order chi connectivity index (χ0) is 16.8. The van der Waals surface area contributed by atoms with E-state index in [4.69, 9.17) is 15.2 Å². The predicted molar refractivity (Wildman–Crippen MR) is 95.0 cm³/mol. The van der Waals surface area contributed by atoms with E-state index in [0.29, 0.717) is 12.5 Å². The molecule has 1 rings (SSSR count). The molecule has 23 heavy (non-hydrogen) atoms. The monoisotopic (exact) mass is 344 g/mol. The van der Waals surface area contributed by atoms with Gasteiger partial charge < -0.3 is 20.5 Å². The van der Waals surface area contributed by atoms with Gasteiger partial charge in [-0.05, 0) is 37.5 Å². The number of carbonyl (C=O) groups excluding carboxylic acids is 1. The van der Waals surface area contributed by atoms with Gasteiger partial charge >= 0.3 is 0 Å². The highest BCUT2D eigenvalue weighted by Gasteiger charge is 2.25. The van der Waals surface area contributed by atoms with Gasteiger partial charge in [0.25, 0.3) is 0 Å². The average Bonchev–Trinajstić information content (AvgIpc) is 2.45. The molecule has 3 N–H and O–H groups in total. The van der Waals surface area contributed by atoms with E-state index in [1.54, 1.807) is 0 Å². The minimum absolute atomic E-state index is 0. The van der Waals surface area contributed by atoms with Crippen molar-refractivity contribution in [2.24, 2.45) is 11.7 Å². The van der Waals surface area contributed by atoms with Crippen molar-refractivity contribution in [3.8, 4) is 5.75 Å². The molecule has 1 aromatic carbocycles. The minimum atomic E-state index is -0.669. The summed E-state index contributed by atoms with van der Waals surface area (Å²) in [6, 6.07) is 7.08. The summed E-state index contributed by atoms with van der Waals surface area (Å²) in [6.07, 6.45) is 0. The zero-order valence-corrected chi connectivity index (χ0v) is 15.4. The summed E-state index contributed by atoms with van der Waals surface area (Å²) in [5.41, 5.74) is 6.22. The van der Waals surface area contributed by atoms with Crippen LogP contribution in [-0.4, -0.2) is 32.3 Å². The molecule has 1 aromatic rings. The summed E-state index contributed by atoms with van der Waals surface area (Å²) >= 11 is 0. The second-order valence-electron chi connectivity index (χ2n) is 6.41. The fourth-order valence-corrected chi connectivity index (χ4v) is 1.96. The Morgan fingerprint density at radius 2 is 1.78 bits per heavy atom. The fourth-order valence-electron chi connectivity index (χ4n) is 1.96. The van der Waals surface area contributed by atoms with Crippen molar-refractivity contribution < 1.29 is 14.3 Å². The van der Waals surface area contributed by atoms with E-state index in [2.05, 4.69) is 19.2 Å². The normalized spacial score (nSPS) is 12.5. The second-order valence-corrected chi connectivity index (χ2v) is 6.41. The van der Waals surface area contributed by atoms with Crippen LogP contribution >= 0.6 is 12.4 Å². The van der Waals surface area contributed by atoms with Gasteiger partial charge in [-0.3, -0.25) is 4.79 Å². The van der Waals surface area contributed by atoms with Crippen LogP contribution in [-0.2, 0) is 15.1 Å². The quantitative estimate of drug-likeness (QED) is 0.759. The van der Waals surface area contributed by atoms with E-state index in [9.17, 15) is 4.79 Å². The van der Waals surface area contributed by atoms with Crippen molar-refractivity contribution in [1.82, 2.24) is 5.32 Å². The van der Waals surface area contributed by atoms with Gasteiger partial charge in [-0.1, -0.05) is 26.0 Å². The van der Waals surface area contributed by atoms with Crippen LogP contribution in [0.3, 0.4) is 0 Å². The van der Waals surface area contributed by atoms with Crippen molar-refractivity contribution in [2.75, 3.05) is 20.3 Å². The molecular formula is C17H29ClN2O3. The number of nitrogens with one attached hydrogen (secondary N) is 1. The molecule has 5 nitrogen and oxygen atoms in total. The third kappa shape index (κ3) is 7.20. The van der Waals surface area contributed by atoms with Crippen LogP contribution in [0.4, 0.5) is 0 Å². The first-order valence-corrected chi connectivity index (χ1v) is 7.56. The minimum Gasteiger partial charge on any atom is -0.493 e. The van der Waals surface area contributed by atoms with Crippen molar-refractivity contribution in [2.45, 2.75) is 39.3 Å². The summed E-state index contributed by atoms with van der Waals surface area (Å²) in [5, 5.41) is 2.94. The molecule has 0 aliphatic heterocycles. The number of ether oxygens (including phenoxy) is 2. The summed E-state index contributed by atoms with van der Waals surface area (Å²) < 4.78 is 10.6. The highest BCUT2D eigenvalue weighted by molar-refractivity contribution is 5.85. The van der Waals surface area contributed by atoms with Crippen LogP contribution in [0.25, 0.3) is 0 Å². The first-order chi connectivity index (χ1) is 10.3. The summed E-state index contributed by atoms with van der Waals surface area (Å²) in [7, 11) is 1.52. The molecule has 1 amide bonds. The van der Waals surface area contributed by atoms with E-state index in [1.165, 1.54) is 7.11 Å². The smallest absolute Gasteiger partial charge is 0.239 e. The van der Waals surface area contributed by atoms with Crippen LogP contribution < -0.4 is 15.8 Å². The summed E-state index contributed by atoms with van der Waals surface area (Å²) in [4.78, 5) is 12.0. The van der Waals surface area contributed by atoms with Crippen molar-refractivity contribution in [3.63, 3.8) is 0 Å². The largest absolute Gasteiger partial charge is 0.493 e.